The second kappa shape index (κ2) is 5.30. The first-order valence-electron chi connectivity index (χ1n) is 6.97. The van der Waals surface area contributed by atoms with Crippen molar-refractivity contribution >= 4 is 17.1 Å². The van der Waals surface area contributed by atoms with Gasteiger partial charge < -0.3 is 0 Å². The van der Waals surface area contributed by atoms with Crippen LogP contribution >= 0.6 is 11.3 Å². The Balaban J connectivity index is 1.95. The minimum Gasteiger partial charge on any atom is -0.288 e. The minimum absolute atomic E-state index is 0.191. The number of benzene rings is 1. The van der Waals surface area contributed by atoms with Crippen LogP contribution in [-0.2, 0) is 12.8 Å². The van der Waals surface area contributed by atoms with E-state index in [0.29, 0.717) is 0 Å². The Labute approximate surface area is 118 Å². The van der Waals surface area contributed by atoms with Crippen molar-refractivity contribution in [3.05, 3.63) is 56.8 Å². The van der Waals surface area contributed by atoms with Crippen molar-refractivity contribution in [2.24, 2.45) is 0 Å². The van der Waals surface area contributed by atoms with Crippen molar-refractivity contribution in [2.75, 3.05) is 0 Å². The molecule has 1 aromatic carbocycles. The summed E-state index contributed by atoms with van der Waals surface area (Å²) in [7, 11) is 0. The number of thiophene rings is 1. The summed E-state index contributed by atoms with van der Waals surface area (Å²) >= 11 is 1.71. The van der Waals surface area contributed by atoms with Crippen molar-refractivity contribution in [1.82, 2.24) is 0 Å². The molecule has 98 valence electrons. The first kappa shape index (κ1) is 12.6. The molecular formula is C17H18OS. The number of fused-ring (bicyclic) bond motifs is 1. The molecule has 0 unspecified atom stereocenters. The zero-order valence-electron chi connectivity index (χ0n) is 11.2. The van der Waals surface area contributed by atoms with Gasteiger partial charge in [0.05, 0.1) is 4.88 Å². The van der Waals surface area contributed by atoms with Gasteiger partial charge in [-0.15, -0.1) is 11.3 Å². The van der Waals surface area contributed by atoms with Crippen LogP contribution in [0.1, 0.15) is 50.5 Å². The number of carbonyl (C=O) groups is 1. The lowest BCUT2D eigenvalue weighted by molar-refractivity contribution is 0.104. The molecule has 0 saturated heterocycles. The van der Waals surface area contributed by atoms with Crippen molar-refractivity contribution in [3.63, 3.8) is 0 Å². The maximum absolute atomic E-state index is 12.6. The predicted molar refractivity (Wildman–Crippen MR) is 80.2 cm³/mol. The van der Waals surface area contributed by atoms with Gasteiger partial charge in [-0.05, 0) is 49.8 Å². The fourth-order valence-corrected chi connectivity index (χ4v) is 3.95. The van der Waals surface area contributed by atoms with Gasteiger partial charge in [0.25, 0.3) is 0 Å². The topological polar surface area (TPSA) is 17.1 Å². The molecule has 2 aromatic rings. The highest BCUT2D eigenvalue weighted by atomic mass is 32.1. The molecule has 0 spiro atoms. The van der Waals surface area contributed by atoms with E-state index in [4.69, 9.17) is 0 Å². The maximum atomic E-state index is 12.6. The van der Waals surface area contributed by atoms with E-state index in [1.807, 2.05) is 31.2 Å². The van der Waals surface area contributed by atoms with Gasteiger partial charge in [0.15, 0.2) is 0 Å². The molecule has 0 aliphatic heterocycles. The third-order valence-corrected chi connectivity index (χ3v) is 5.10. The van der Waals surface area contributed by atoms with Crippen molar-refractivity contribution in [1.29, 1.82) is 0 Å². The Morgan fingerprint density at radius 2 is 1.89 bits per heavy atom. The van der Waals surface area contributed by atoms with E-state index in [0.717, 1.165) is 28.8 Å². The molecule has 3 rings (SSSR count). The molecule has 0 fully saturated rings. The van der Waals surface area contributed by atoms with Crippen LogP contribution in [0, 0.1) is 6.92 Å². The first-order valence-corrected chi connectivity index (χ1v) is 7.79. The largest absolute Gasteiger partial charge is 0.288 e. The normalized spacial score (nSPS) is 14.8. The van der Waals surface area contributed by atoms with E-state index in [-0.39, 0.29) is 5.78 Å². The summed E-state index contributed by atoms with van der Waals surface area (Å²) in [5.41, 5.74) is 3.33. The first-order chi connectivity index (χ1) is 9.25. The molecule has 1 heterocycles. The molecule has 19 heavy (non-hydrogen) atoms. The SMILES string of the molecule is Cc1ccccc1C(=O)c1cc2c(s1)CCCCC2. The molecule has 0 bridgehead atoms. The Kier molecular flexibility index (Phi) is 3.52. The molecule has 1 aromatic heterocycles. The number of hydrogen-bond donors (Lipinski definition) is 0. The molecule has 1 nitrogen and oxygen atoms in total. The van der Waals surface area contributed by atoms with Crippen LogP contribution in [0.2, 0.25) is 0 Å². The van der Waals surface area contributed by atoms with Crippen LogP contribution in [0.25, 0.3) is 0 Å². The van der Waals surface area contributed by atoms with Gasteiger partial charge in [-0.25, -0.2) is 0 Å². The molecule has 0 atom stereocenters. The average Bonchev–Trinajstić information content (AvgIpc) is 2.70. The monoisotopic (exact) mass is 270 g/mol. The van der Waals surface area contributed by atoms with Gasteiger partial charge in [0.1, 0.15) is 0 Å². The van der Waals surface area contributed by atoms with E-state index in [1.54, 1.807) is 11.3 Å². The lowest BCUT2D eigenvalue weighted by atomic mass is 10.0. The smallest absolute Gasteiger partial charge is 0.203 e. The molecule has 1 aliphatic carbocycles. The standard InChI is InChI=1S/C17H18OS/c1-12-7-5-6-9-14(12)17(18)16-11-13-8-3-2-4-10-15(13)19-16/h5-7,9,11H,2-4,8,10H2,1H3. The zero-order chi connectivity index (χ0) is 13.2. The van der Waals surface area contributed by atoms with E-state index >= 15 is 0 Å². The van der Waals surface area contributed by atoms with E-state index < -0.39 is 0 Å². The molecule has 2 heteroatoms. The Morgan fingerprint density at radius 1 is 1.11 bits per heavy atom. The quantitative estimate of drug-likeness (QED) is 0.577. The average molecular weight is 270 g/mol. The maximum Gasteiger partial charge on any atom is 0.203 e. The minimum atomic E-state index is 0.191. The van der Waals surface area contributed by atoms with Gasteiger partial charge in [0.2, 0.25) is 5.78 Å². The Hall–Kier alpha value is -1.41. The van der Waals surface area contributed by atoms with E-state index in [9.17, 15) is 4.79 Å². The van der Waals surface area contributed by atoms with Gasteiger partial charge in [-0.2, -0.15) is 0 Å². The summed E-state index contributed by atoms with van der Waals surface area (Å²) in [6.45, 7) is 2.01. The highest BCUT2D eigenvalue weighted by Crippen LogP contribution is 2.30. The highest BCUT2D eigenvalue weighted by Gasteiger charge is 2.18. The van der Waals surface area contributed by atoms with E-state index in [2.05, 4.69) is 6.07 Å². The van der Waals surface area contributed by atoms with Crippen LogP contribution in [0.15, 0.2) is 30.3 Å². The van der Waals surface area contributed by atoms with Crippen molar-refractivity contribution in [3.8, 4) is 0 Å². The third kappa shape index (κ3) is 2.50. The number of aryl methyl sites for hydroxylation is 3. The lowest BCUT2D eigenvalue weighted by Crippen LogP contribution is -2.01. The molecule has 0 N–H and O–H groups in total. The summed E-state index contributed by atoms with van der Waals surface area (Å²) < 4.78 is 0. The summed E-state index contributed by atoms with van der Waals surface area (Å²) in [6, 6.07) is 10.0. The summed E-state index contributed by atoms with van der Waals surface area (Å²) in [4.78, 5) is 14.9. The summed E-state index contributed by atoms with van der Waals surface area (Å²) in [6.07, 6.45) is 6.16. The second-order valence-electron chi connectivity index (χ2n) is 5.26. The fourth-order valence-electron chi connectivity index (χ4n) is 2.74. The zero-order valence-corrected chi connectivity index (χ0v) is 12.1. The van der Waals surface area contributed by atoms with Gasteiger partial charge >= 0.3 is 0 Å². The number of rotatable bonds is 2. The molecule has 1 aliphatic rings. The van der Waals surface area contributed by atoms with Gasteiger partial charge in [-0.1, -0.05) is 30.7 Å². The highest BCUT2D eigenvalue weighted by molar-refractivity contribution is 7.14. The second-order valence-corrected chi connectivity index (χ2v) is 6.40. The summed E-state index contributed by atoms with van der Waals surface area (Å²) in [5.74, 6) is 0.191. The third-order valence-electron chi connectivity index (χ3n) is 3.86. The van der Waals surface area contributed by atoms with Crippen molar-refractivity contribution in [2.45, 2.75) is 39.0 Å². The molecular weight excluding hydrogens is 252 g/mol. The summed E-state index contributed by atoms with van der Waals surface area (Å²) in [5, 5.41) is 0. The predicted octanol–water partition coefficient (Wildman–Crippen LogP) is 4.56. The molecule has 0 saturated carbocycles. The van der Waals surface area contributed by atoms with E-state index in [1.165, 1.54) is 29.7 Å². The Bertz CT molecular complexity index is 586. The van der Waals surface area contributed by atoms with Crippen LogP contribution in [0.4, 0.5) is 0 Å². The van der Waals surface area contributed by atoms with Crippen LogP contribution in [0.3, 0.4) is 0 Å². The number of hydrogen-bond acceptors (Lipinski definition) is 2. The molecule has 0 amide bonds. The van der Waals surface area contributed by atoms with Crippen LogP contribution < -0.4 is 0 Å². The number of carbonyl (C=O) groups excluding carboxylic acids is 1. The number of ketones is 1. The van der Waals surface area contributed by atoms with Crippen LogP contribution in [-0.4, -0.2) is 5.78 Å². The molecule has 0 radical (unpaired) electrons. The van der Waals surface area contributed by atoms with Crippen LogP contribution in [0.5, 0.6) is 0 Å². The fraction of sp³-hybridized carbons (Fsp3) is 0.353. The van der Waals surface area contributed by atoms with Crippen molar-refractivity contribution < 1.29 is 4.79 Å². The van der Waals surface area contributed by atoms with Gasteiger partial charge in [0, 0.05) is 10.4 Å². The lowest BCUT2D eigenvalue weighted by Gasteiger charge is -2.02. The van der Waals surface area contributed by atoms with Gasteiger partial charge in [-0.3, -0.25) is 4.79 Å². The Morgan fingerprint density at radius 3 is 2.74 bits per heavy atom.